The molecule has 4 nitrogen and oxygen atoms in total. The zero-order valence-electron chi connectivity index (χ0n) is 9.74. The highest BCUT2D eigenvalue weighted by atomic mass is 32.2. The lowest BCUT2D eigenvalue weighted by atomic mass is 10.1. The van der Waals surface area contributed by atoms with E-state index in [9.17, 15) is 13.2 Å². The first-order chi connectivity index (χ1) is 9.08. The largest absolute Gasteiger partial charge is 0.453 e. The number of thiophene rings is 2. The average Bonchev–Trinajstić information content (AvgIpc) is 3.02. The third-order valence-electron chi connectivity index (χ3n) is 2.91. The van der Waals surface area contributed by atoms with Crippen LogP contribution in [0, 0.1) is 0 Å². The maximum absolute atomic E-state index is 11.9. The molecule has 3 heterocycles. The summed E-state index contributed by atoms with van der Waals surface area (Å²) in [5, 5.41) is 3.53. The van der Waals surface area contributed by atoms with Gasteiger partial charge in [-0.05, 0) is 22.9 Å². The van der Waals surface area contributed by atoms with Crippen LogP contribution < -0.4 is 0 Å². The molecule has 0 aromatic carbocycles. The first kappa shape index (κ1) is 12.8. The molecule has 1 aliphatic rings. The summed E-state index contributed by atoms with van der Waals surface area (Å²) in [5.74, 6) is -0.362. The summed E-state index contributed by atoms with van der Waals surface area (Å²) < 4.78 is 29.5. The standard InChI is InChI=1S/C12H10O4S3/c13-11(10-2-1-5-17-10)16-9-4-7-19(14,15)12-8(9)3-6-18-12/h1-3,5-6,9H,4,7H2/t9-/m1/s1. The molecule has 100 valence electrons. The molecule has 0 bridgehead atoms. The number of esters is 1. The van der Waals surface area contributed by atoms with E-state index in [-0.39, 0.29) is 5.75 Å². The summed E-state index contributed by atoms with van der Waals surface area (Å²) in [6.45, 7) is 0. The summed E-state index contributed by atoms with van der Waals surface area (Å²) in [7, 11) is -3.19. The van der Waals surface area contributed by atoms with Crippen LogP contribution >= 0.6 is 22.7 Å². The molecular weight excluding hydrogens is 304 g/mol. The zero-order valence-corrected chi connectivity index (χ0v) is 12.2. The fraction of sp³-hybridized carbons (Fsp3) is 0.250. The zero-order chi connectivity index (χ0) is 13.5. The Morgan fingerprint density at radius 1 is 1.26 bits per heavy atom. The Morgan fingerprint density at radius 3 is 2.84 bits per heavy atom. The molecule has 0 unspecified atom stereocenters. The van der Waals surface area contributed by atoms with Gasteiger partial charge in [-0.1, -0.05) is 6.07 Å². The van der Waals surface area contributed by atoms with Crippen molar-refractivity contribution in [3.05, 3.63) is 39.4 Å². The predicted octanol–water partition coefficient (Wildman–Crippen LogP) is 2.89. The van der Waals surface area contributed by atoms with Gasteiger partial charge in [0.2, 0.25) is 0 Å². The lowest BCUT2D eigenvalue weighted by Gasteiger charge is -2.22. The van der Waals surface area contributed by atoms with Crippen molar-refractivity contribution < 1.29 is 17.9 Å². The van der Waals surface area contributed by atoms with E-state index in [4.69, 9.17) is 4.74 Å². The van der Waals surface area contributed by atoms with Crippen molar-refractivity contribution in [3.8, 4) is 0 Å². The highest BCUT2D eigenvalue weighted by Gasteiger charge is 2.33. The Labute approximate surface area is 118 Å². The smallest absolute Gasteiger partial charge is 0.348 e. The molecule has 0 spiro atoms. The van der Waals surface area contributed by atoms with Crippen LogP contribution in [0.5, 0.6) is 0 Å². The molecule has 0 saturated heterocycles. The molecule has 2 aromatic heterocycles. The number of rotatable bonds is 2. The minimum absolute atomic E-state index is 0.0307. The van der Waals surface area contributed by atoms with Crippen LogP contribution in [0.2, 0.25) is 0 Å². The maximum atomic E-state index is 11.9. The number of hydrogen-bond donors (Lipinski definition) is 0. The third-order valence-corrected chi connectivity index (χ3v) is 7.10. The van der Waals surface area contributed by atoms with Gasteiger partial charge < -0.3 is 4.74 Å². The molecule has 1 aliphatic heterocycles. The fourth-order valence-corrected chi connectivity index (χ4v) is 5.56. The highest BCUT2D eigenvalue weighted by molar-refractivity contribution is 7.93. The Kier molecular flexibility index (Phi) is 3.20. The molecule has 0 N–H and O–H groups in total. The summed E-state index contributed by atoms with van der Waals surface area (Å²) in [6.07, 6.45) is -0.136. The van der Waals surface area contributed by atoms with Crippen molar-refractivity contribution >= 4 is 38.5 Å². The molecule has 0 amide bonds. The van der Waals surface area contributed by atoms with Crippen LogP contribution in [0.25, 0.3) is 0 Å². The van der Waals surface area contributed by atoms with E-state index in [0.29, 0.717) is 21.1 Å². The number of carbonyl (C=O) groups excluding carboxylic acids is 1. The third kappa shape index (κ3) is 2.33. The SMILES string of the molecule is O=C(O[C@@H]1CCS(=O)(=O)c2sccc21)c1cccs1. The summed E-state index contributed by atoms with van der Waals surface area (Å²) in [4.78, 5) is 12.4. The van der Waals surface area contributed by atoms with Crippen LogP contribution in [0.4, 0.5) is 0 Å². The Hall–Kier alpha value is -1.18. The summed E-state index contributed by atoms with van der Waals surface area (Å²) in [5.41, 5.74) is 0.612. The van der Waals surface area contributed by atoms with E-state index in [2.05, 4.69) is 0 Å². The van der Waals surface area contributed by atoms with Gasteiger partial charge in [0.15, 0.2) is 9.84 Å². The van der Waals surface area contributed by atoms with E-state index in [0.717, 1.165) is 0 Å². The van der Waals surface area contributed by atoms with Gasteiger partial charge in [-0.2, -0.15) is 0 Å². The van der Waals surface area contributed by atoms with Crippen molar-refractivity contribution in [1.82, 2.24) is 0 Å². The quantitative estimate of drug-likeness (QED) is 0.800. The topological polar surface area (TPSA) is 60.4 Å². The van der Waals surface area contributed by atoms with E-state index < -0.39 is 21.9 Å². The number of sulfone groups is 1. The van der Waals surface area contributed by atoms with Gasteiger partial charge in [-0.3, -0.25) is 0 Å². The van der Waals surface area contributed by atoms with Crippen LogP contribution in [-0.2, 0) is 14.6 Å². The van der Waals surface area contributed by atoms with Crippen molar-refractivity contribution in [1.29, 1.82) is 0 Å². The van der Waals surface area contributed by atoms with Crippen LogP contribution in [0.1, 0.15) is 27.8 Å². The van der Waals surface area contributed by atoms with Crippen LogP contribution in [0.15, 0.2) is 33.2 Å². The molecular formula is C12H10O4S3. The van der Waals surface area contributed by atoms with E-state index >= 15 is 0 Å². The van der Waals surface area contributed by atoms with Crippen LogP contribution in [0.3, 0.4) is 0 Å². The molecule has 0 aliphatic carbocycles. The first-order valence-corrected chi connectivity index (χ1v) is 9.04. The van der Waals surface area contributed by atoms with E-state index in [1.807, 2.05) is 0 Å². The Morgan fingerprint density at radius 2 is 2.11 bits per heavy atom. The molecule has 1 atom stereocenters. The molecule has 3 rings (SSSR count). The Bertz CT molecular complexity index is 697. The fourth-order valence-electron chi connectivity index (χ4n) is 2.01. The average molecular weight is 314 g/mol. The second kappa shape index (κ2) is 4.73. The molecule has 0 fully saturated rings. The highest BCUT2D eigenvalue weighted by Crippen LogP contribution is 2.38. The lowest BCUT2D eigenvalue weighted by molar-refractivity contribution is 0.0285. The van der Waals surface area contributed by atoms with Crippen molar-refractivity contribution in [2.75, 3.05) is 5.75 Å². The van der Waals surface area contributed by atoms with Crippen LogP contribution in [-0.4, -0.2) is 20.1 Å². The van der Waals surface area contributed by atoms with Gasteiger partial charge in [0.1, 0.15) is 15.2 Å². The normalized spacial score (nSPS) is 20.7. The second-order valence-electron chi connectivity index (χ2n) is 4.14. The van der Waals surface area contributed by atoms with E-state index in [1.165, 1.54) is 22.7 Å². The maximum Gasteiger partial charge on any atom is 0.348 e. The second-order valence-corrected chi connectivity index (χ2v) is 8.31. The Balaban J connectivity index is 1.87. The number of hydrogen-bond acceptors (Lipinski definition) is 6. The monoisotopic (exact) mass is 314 g/mol. The number of ether oxygens (including phenoxy) is 1. The van der Waals surface area contributed by atoms with Gasteiger partial charge in [0, 0.05) is 12.0 Å². The molecule has 0 radical (unpaired) electrons. The summed E-state index contributed by atoms with van der Waals surface area (Å²) in [6, 6.07) is 5.20. The molecule has 0 saturated carbocycles. The number of fused-ring (bicyclic) bond motifs is 1. The lowest BCUT2D eigenvalue weighted by Crippen LogP contribution is -2.21. The first-order valence-electron chi connectivity index (χ1n) is 5.62. The van der Waals surface area contributed by atoms with Gasteiger partial charge >= 0.3 is 5.97 Å². The van der Waals surface area contributed by atoms with E-state index in [1.54, 1.807) is 29.0 Å². The minimum Gasteiger partial charge on any atom is -0.453 e. The predicted molar refractivity (Wildman–Crippen MR) is 73.5 cm³/mol. The van der Waals surface area contributed by atoms with Crippen molar-refractivity contribution in [2.24, 2.45) is 0 Å². The molecule has 7 heteroatoms. The molecule has 2 aromatic rings. The van der Waals surface area contributed by atoms with Gasteiger partial charge in [-0.25, -0.2) is 13.2 Å². The van der Waals surface area contributed by atoms with Crippen molar-refractivity contribution in [2.45, 2.75) is 16.7 Å². The van der Waals surface area contributed by atoms with Gasteiger partial charge in [-0.15, -0.1) is 22.7 Å². The number of carbonyl (C=O) groups is 1. The summed E-state index contributed by atoms with van der Waals surface area (Å²) >= 11 is 2.50. The van der Waals surface area contributed by atoms with Gasteiger partial charge in [0.25, 0.3) is 0 Å². The minimum atomic E-state index is -3.19. The van der Waals surface area contributed by atoms with Gasteiger partial charge in [0.05, 0.1) is 5.75 Å². The molecule has 19 heavy (non-hydrogen) atoms. The van der Waals surface area contributed by atoms with Crippen molar-refractivity contribution in [3.63, 3.8) is 0 Å².